The van der Waals surface area contributed by atoms with Crippen LogP contribution in [0.1, 0.15) is 257 Å². The van der Waals surface area contributed by atoms with Gasteiger partial charge in [0.25, 0.3) is 0 Å². The third-order valence-electron chi connectivity index (χ3n) is 14.0. The van der Waals surface area contributed by atoms with E-state index >= 15 is 0 Å². The molecule has 1 rings (SSSR count). The summed E-state index contributed by atoms with van der Waals surface area (Å²) in [4.78, 5) is 27.7. The van der Waals surface area contributed by atoms with Gasteiger partial charge < -0.3 is 29.9 Å². The Hall–Kier alpha value is -2.00. The first-order chi connectivity index (χ1) is 32.3. The third kappa shape index (κ3) is 36.0. The van der Waals surface area contributed by atoms with Gasteiger partial charge in [-0.25, -0.2) is 0 Å². The number of unbranched alkanes of at least 4 members (excludes halogenated alkanes) is 22. The van der Waals surface area contributed by atoms with Gasteiger partial charge in [-0.15, -0.1) is 0 Å². The molecule has 0 radical (unpaired) electrons. The fourth-order valence-electron chi connectivity index (χ4n) is 9.23. The lowest BCUT2D eigenvalue weighted by atomic mass is 9.92. The standard InChI is InChI=1S/C58H108N2O6/c1-5-9-13-17-19-20-21-25-31-49-65-57(64)37-32-47-60(46-30-24-23-29-36-56(63)66-50-43-53(33-26-15-11-7-3)34-27-16-12-8-4)48-45-59-58(51-61,52-62)44-42-55-40-38-54(39-41-55)35-28-22-18-14-10-6-2/h38-41,53,59,61-62H,5-37,42-52H2,1-4H3. The summed E-state index contributed by atoms with van der Waals surface area (Å²) in [5.41, 5.74) is 1.85. The highest BCUT2D eigenvalue weighted by atomic mass is 16.5. The van der Waals surface area contributed by atoms with Crippen molar-refractivity contribution < 1.29 is 29.3 Å². The second kappa shape index (κ2) is 45.4. The van der Waals surface area contributed by atoms with E-state index in [0.717, 1.165) is 83.8 Å². The molecule has 0 bridgehead atoms. The second-order valence-corrected chi connectivity index (χ2v) is 20.1. The topological polar surface area (TPSA) is 108 Å². The van der Waals surface area contributed by atoms with Gasteiger partial charge in [0.15, 0.2) is 0 Å². The molecule has 0 aromatic heterocycles. The van der Waals surface area contributed by atoms with Gasteiger partial charge in [-0.05, 0) is 87.9 Å². The van der Waals surface area contributed by atoms with E-state index < -0.39 is 5.54 Å². The highest BCUT2D eigenvalue weighted by Crippen LogP contribution is 2.22. The lowest BCUT2D eigenvalue weighted by molar-refractivity contribution is -0.145. The molecular formula is C58H108N2O6. The number of aliphatic hydroxyl groups is 2. The van der Waals surface area contributed by atoms with E-state index in [1.165, 1.54) is 159 Å². The van der Waals surface area contributed by atoms with E-state index in [-0.39, 0.29) is 25.2 Å². The predicted octanol–water partition coefficient (Wildman–Crippen LogP) is 14.4. The van der Waals surface area contributed by atoms with Crippen molar-refractivity contribution in [3.63, 3.8) is 0 Å². The fraction of sp³-hybridized carbons (Fsp3) is 0.862. The summed E-state index contributed by atoms with van der Waals surface area (Å²) in [6.45, 7) is 12.9. The zero-order chi connectivity index (χ0) is 48.0. The molecule has 0 unspecified atom stereocenters. The number of aryl methyl sites for hydroxylation is 2. The van der Waals surface area contributed by atoms with Gasteiger partial charge in [0.05, 0.1) is 32.0 Å². The quantitative estimate of drug-likeness (QED) is 0.0438. The third-order valence-corrected chi connectivity index (χ3v) is 14.0. The Morgan fingerprint density at radius 1 is 0.500 bits per heavy atom. The SMILES string of the molecule is CCCCCCCCCCCOC(=O)CCCN(CCCCCCC(=O)OCCC(CCCCCC)CCCCCC)CCNC(CO)(CO)CCc1ccc(CCCCCCCC)cc1. The van der Waals surface area contributed by atoms with Crippen LogP contribution in [0.3, 0.4) is 0 Å². The average molecular weight is 930 g/mol. The van der Waals surface area contributed by atoms with Gasteiger partial charge in [0.2, 0.25) is 0 Å². The summed E-state index contributed by atoms with van der Waals surface area (Å²) >= 11 is 0. The Morgan fingerprint density at radius 2 is 0.939 bits per heavy atom. The first-order valence-electron chi connectivity index (χ1n) is 28.4. The van der Waals surface area contributed by atoms with Crippen molar-refractivity contribution in [2.75, 3.05) is 52.6 Å². The minimum Gasteiger partial charge on any atom is -0.466 e. The molecule has 0 aliphatic carbocycles. The Bertz CT molecular complexity index is 1190. The Morgan fingerprint density at radius 3 is 1.50 bits per heavy atom. The Kier molecular flexibility index (Phi) is 42.7. The van der Waals surface area contributed by atoms with Gasteiger partial charge in [0, 0.05) is 25.9 Å². The van der Waals surface area contributed by atoms with Crippen LogP contribution in [0.4, 0.5) is 0 Å². The largest absolute Gasteiger partial charge is 0.466 e. The summed E-state index contributed by atoms with van der Waals surface area (Å²) in [5, 5.41) is 24.6. The maximum absolute atomic E-state index is 12.6. The van der Waals surface area contributed by atoms with Crippen LogP contribution in [0.15, 0.2) is 24.3 Å². The van der Waals surface area contributed by atoms with Crippen molar-refractivity contribution in [1.82, 2.24) is 10.2 Å². The molecular weight excluding hydrogens is 821 g/mol. The Labute approximate surface area is 408 Å². The number of rotatable bonds is 50. The van der Waals surface area contributed by atoms with Gasteiger partial charge in [0.1, 0.15) is 0 Å². The molecule has 0 heterocycles. The lowest BCUT2D eigenvalue weighted by Crippen LogP contribution is -2.54. The average Bonchev–Trinajstić information content (AvgIpc) is 3.33. The number of carbonyl (C=O) groups is 2. The van der Waals surface area contributed by atoms with Gasteiger partial charge in [-0.1, -0.05) is 212 Å². The fourth-order valence-corrected chi connectivity index (χ4v) is 9.23. The zero-order valence-corrected chi connectivity index (χ0v) is 44.0. The number of hydrogen-bond acceptors (Lipinski definition) is 8. The molecule has 3 N–H and O–H groups in total. The van der Waals surface area contributed by atoms with Crippen LogP contribution in [0.25, 0.3) is 0 Å². The summed E-state index contributed by atoms with van der Waals surface area (Å²) in [5.74, 6) is 0.509. The van der Waals surface area contributed by atoms with Crippen molar-refractivity contribution >= 4 is 11.9 Å². The summed E-state index contributed by atoms with van der Waals surface area (Å²) in [6.07, 6.45) is 40.9. The molecule has 0 atom stereocenters. The number of hydrogen-bond donors (Lipinski definition) is 3. The lowest BCUT2D eigenvalue weighted by Gasteiger charge is -2.33. The van der Waals surface area contributed by atoms with Crippen molar-refractivity contribution in [2.45, 2.75) is 264 Å². The monoisotopic (exact) mass is 929 g/mol. The highest BCUT2D eigenvalue weighted by molar-refractivity contribution is 5.69. The van der Waals surface area contributed by atoms with Crippen LogP contribution in [0.5, 0.6) is 0 Å². The van der Waals surface area contributed by atoms with Crippen molar-refractivity contribution in [2.24, 2.45) is 5.92 Å². The van der Waals surface area contributed by atoms with E-state index in [1.54, 1.807) is 0 Å². The first kappa shape index (κ1) is 62.0. The number of nitrogens with zero attached hydrogens (tertiary/aromatic N) is 1. The molecule has 66 heavy (non-hydrogen) atoms. The first-order valence-corrected chi connectivity index (χ1v) is 28.4. The molecule has 1 aromatic rings. The number of carbonyl (C=O) groups excluding carboxylic acids is 2. The van der Waals surface area contributed by atoms with Crippen LogP contribution >= 0.6 is 0 Å². The second-order valence-electron chi connectivity index (χ2n) is 20.1. The van der Waals surface area contributed by atoms with Gasteiger partial charge in [-0.3, -0.25) is 9.59 Å². The minimum atomic E-state index is -0.763. The molecule has 1 aromatic carbocycles. The molecule has 0 amide bonds. The minimum absolute atomic E-state index is 0.0557. The number of aliphatic hydroxyl groups excluding tert-OH is 2. The maximum Gasteiger partial charge on any atom is 0.305 e. The molecule has 0 aliphatic heterocycles. The van der Waals surface area contributed by atoms with E-state index in [0.29, 0.717) is 44.9 Å². The van der Waals surface area contributed by atoms with E-state index in [4.69, 9.17) is 9.47 Å². The molecule has 8 heteroatoms. The highest BCUT2D eigenvalue weighted by Gasteiger charge is 2.28. The molecule has 0 fully saturated rings. The van der Waals surface area contributed by atoms with Gasteiger partial charge in [-0.2, -0.15) is 0 Å². The van der Waals surface area contributed by atoms with Crippen molar-refractivity contribution in [3.8, 4) is 0 Å². The van der Waals surface area contributed by atoms with E-state index in [9.17, 15) is 19.8 Å². The maximum atomic E-state index is 12.6. The number of benzene rings is 1. The molecule has 386 valence electrons. The number of nitrogens with one attached hydrogen (secondary N) is 1. The smallest absolute Gasteiger partial charge is 0.305 e. The summed E-state index contributed by atoms with van der Waals surface area (Å²) in [7, 11) is 0. The van der Waals surface area contributed by atoms with Gasteiger partial charge >= 0.3 is 11.9 Å². The Balaban J connectivity index is 2.59. The molecule has 0 saturated heterocycles. The van der Waals surface area contributed by atoms with Crippen LogP contribution in [-0.4, -0.2) is 85.2 Å². The van der Waals surface area contributed by atoms with Crippen molar-refractivity contribution in [1.29, 1.82) is 0 Å². The summed E-state index contributed by atoms with van der Waals surface area (Å²) < 4.78 is 11.3. The summed E-state index contributed by atoms with van der Waals surface area (Å²) in [6, 6.07) is 8.91. The number of esters is 2. The normalized spacial score (nSPS) is 11.9. The van der Waals surface area contributed by atoms with E-state index in [1.807, 2.05) is 0 Å². The van der Waals surface area contributed by atoms with Crippen LogP contribution < -0.4 is 5.32 Å². The number of ether oxygens (including phenoxy) is 2. The van der Waals surface area contributed by atoms with E-state index in [2.05, 4.69) is 62.2 Å². The van der Waals surface area contributed by atoms with Crippen LogP contribution in [0, 0.1) is 5.92 Å². The van der Waals surface area contributed by atoms with Crippen LogP contribution in [0.2, 0.25) is 0 Å². The molecule has 0 aliphatic rings. The van der Waals surface area contributed by atoms with Crippen LogP contribution in [-0.2, 0) is 31.9 Å². The molecule has 8 nitrogen and oxygen atoms in total. The predicted molar refractivity (Wildman–Crippen MR) is 280 cm³/mol. The zero-order valence-electron chi connectivity index (χ0n) is 44.0. The molecule has 0 spiro atoms. The molecule has 0 saturated carbocycles. The van der Waals surface area contributed by atoms with Crippen molar-refractivity contribution in [3.05, 3.63) is 35.4 Å².